The molecular weight excluding hydrogens is 202 g/mol. The van der Waals surface area contributed by atoms with E-state index < -0.39 is 0 Å². The highest BCUT2D eigenvalue weighted by atomic mass is 79.9. The van der Waals surface area contributed by atoms with Gasteiger partial charge in [0.2, 0.25) is 0 Å². The molecule has 0 atom stereocenters. The summed E-state index contributed by atoms with van der Waals surface area (Å²) < 4.78 is 1.09. The lowest BCUT2D eigenvalue weighted by Gasteiger charge is -2.00. The molecule has 0 spiro atoms. The van der Waals surface area contributed by atoms with E-state index in [1.807, 2.05) is 6.20 Å². The van der Waals surface area contributed by atoms with Gasteiger partial charge < -0.3 is 0 Å². The predicted molar refractivity (Wildman–Crippen MR) is 50.7 cm³/mol. The second kappa shape index (κ2) is 3.86. The van der Waals surface area contributed by atoms with Crippen molar-refractivity contribution >= 4 is 15.9 Å². The van der Waals surface area contributed by atoms with Crippen LogP contribution in [0, 0.1) is 6.92 Å². The van der Waals surface area contributed by atoms with Gasteiger partial charge in [0.15, 0.2) is 0 Å². The van der Waals surface area contributed by atoms with Crippen LogP contribution in [0.2, 0.25) is 0 Å². The Morgan fingerprint density at radius 1 is 1.55 bits per heavy atom. The van der Waals surface area contributed by atoms with E-state index >= 15 is 0 Å². The Labute approximate surface area is 76.0 Å². The van der Waals surface area contributed by atoms with Gasteiger partial charge in [-0.2, -0.15) is 0 Å². The van der Waals surface area contributed by atoms with Crippen molar-refractivity contribution in [1.82, 2.24) is 4.98 Å². The Morgan fingerprint density at radius 3 is 2.82 bits per heavy atom. The maximum absolute atomic E-state index is 4.28. The van der Waals surface area contributed by atoms with Crippen LogP contribution in [0.3, 0.4) is 0 Å². The lowest BCUT2D eigenvalue weighted by molar-refractivity contribution is 0.878. The highest BCUT2D eigenvalue weighted by Gasteiger charge is 1.96. The Hall–Kier alpha value is -0.370. The fraction of sp³-hybridized carbons (Fsp3) is 0.444. The molecular formula is C9H12BrN. The van der Waals surface area contributed by atoms with Gasteiger partial charge in [0.1, 0.15) is 0 Å². The molecule has 0 saturated carbocycles. The van der Waals surface area contributed by atoms with Crippen LogP contribution < -0.4 is 0 Å². The molecule has 0 aliphatic heterocycles. The van der Waals surface area contributed by atoms with E-state index in [0.29, 0.717) is 0 Å². The molecule has 0 aliphatic carbocycles. The molecule has 2 heteroatoms. The van der Waals surface area contributed by atoms with Crippen molar-refractivity contribution in [3.8, 4) is 0 Å². The van der Waals surface area contributed by atoms with Gasteiger partial charge in [-0.25, -0.2) is 0 Å². The molecule has 0 fully saturated rings. The van der Waals surface area contributed by atoms with Gasteiger partial charge >= 0.3 is 0 Å². The molecule has 0 radical (unpaired) electrons. The normalized spacial score (nSPS) is 10.1. The van der Waals surface area contributed by atoms with Crippen LogP contribution in [0.15, 0.2) is 16.7 Å². The summed E-state index contributed by atoms with van der Waals surface area (Å²) in [5, 5.41) is 0. The molecule has 0 aliphatic rings. The average Bonchev–Trinajstić information content (AvgIpc) is 1.98. The van der Waals surface area contributed by atoms with Crippen molar-refractivity contribution in [3.63, 3.8) is 0 Å². The van der Waals surface area contributed by atoms with Crippen molar-refractivity contribution in [2.45, 2.75) is 26.7 Å². The Bertz CT molecular complexity index is 245. The van der Waals surface area contributed by atoms with Gasteiger partial charge in [0.05, 0.1) is 0 Å². The Kier molecular flexibility index (Phi) is 3.06. The average molecular weight is 214 g/mol. The molecule has 0 amide bonds. The van der Waals surface area contributed by atoms with E-state index in [-0.39, 0.29) is 0 Å². The lowest BCUT2D eigenvalue weighted by Crippen LogP contribution is -1.89. The minimum atomic E-state index is 1.08. The third-order valence-electron chi connectivity index (χ3n) is 1.61. The Morgan fingerprint density at radius 2 is 2.27 bits per heavy atom. The van der Waals surface area contributed by atoms with E-state index in [1.165, 1.54) is 11.3 Å². The number of nitrogens with zero attached hydrogens (tertiary/aromatic N) is 1. The van der Waals surface area contributed by atoms with Crippen molar-refractivity contribution in [3.05, 3.63) is 28.0 Å². The fourth-order valence-electron chi connectivity index (χ4n) is 0.990. The van der Waals surface area contributed by atoms with Crippen molar-refractivity contribution in [2.75, 3.05) is 0 Å². The molecule has 0 aromatic carbocycles. The molecule has 60 valence electrons. The summed E-state index contributed by atoms with van der Waals surface area (Å²) in [6.45, 7) is 4.25. The molecule has 0 saturated heterocycles. The number of hydrogen-bond acceptors (Lipinski definition) is 1. The molecule has 0 unspecified atom stereocenters. The van der Waals surface area contributed by atoms with Crippen molar-refractivity contribution in [1.29, 1.82) is 0 Å². The van der Waals surface area contributed by atoms with E-state index in [1.54, 1.807) is 0 Å². The van der Waals surface area contributed by atoms with E-state index in [0.717, 1.165) is 17.3 Å². The van der Waals surface area contributed by atoms with E-state index in [9.17, 15) is 0 Å². The van der Waals surface area contributed by atoms with Crippen LogP contribution in [0.25, 0.3) is 0 Å². The maximum atomic E-state index is 4.28. The summed E-state index contributed by atoms with van der Waals surface area (Å²) >= 11 is 3.42. The summed E-state index contributed by atoms with van der Waals surface area (Å²) in [6, 6.07) is 2.13. The van der Waals surface area contributed by atoms with Gasteiger partial charge in [-0.3, -0.25) is 4.98 Å². The number of hydrogen-bond donors (Lipinski definition) is 0. The molecule has 11 heavy (non-hydrogen) atoms. The van der Waals surface area contributed by atoms with Crippen LogP contribution in [-0.4, -0.2) is 4.98 Å². The minimum Gasteiger partial charge on any atom is -0.260 e. The molecule has 1 heterocycles. The number of halogens is 1. The van der Waals surface area contributed by atoms with Crippen LogP contribution in [0.1, 0.15) is 24.6 Å². The largest absolute Gasteiger partial charge is 0.260 e. The first-order valence-corrected chi connectivity index (χ1v) is 4.64. The van der Waals surface area contributed by atoms with Crippen LogP contribution in [0.5, 0.6) is 0 Å². The lowest BCUT2D eigenvalue weighted by atomic mass is 10.2. The third-order valence-corrected chi connectivity index (χ3v) is 2.44. The molecule has 0 bridgehead atoms. The first-order chi connectivity index (χ1) is 5.24. The molecule has 1 aromatic heterocycles. The highest BCUT2D eigenvalue weighted by molar-refractivity contribution is 9.10. The Balaban J connectivity index is 2.86. The second-order valence-corrected chi connectivity index (χ2v) is 3.53. The SMILES string of the molecule is CCCc1cc(C)c(Br)cn1. The van der Waals surface area contributed by atoms with Crippen LogP contribution >= 0.6 is 15.9 Å². The quantitative estimate of drug-likeness (QED) is 0.737. The summed E-state index contributed by atoms with van der Waals surface area (Å²) in [5.74, 6) is 0. The minimum absolute atomic E-state index is 1.08. The highest BCUT2D eigenvalue weighted by Crippen LogP contribution is 2.15. The smallest absolute Gasteiger partial charge is 0.0416 e. The summed E-state index contributed by atoms with van der Waals surface area (Å²) in [5.41, 5.74) is 2.46. The van der Waals surface area contributed by atoms with Gasteiger partial charge in [-0.15, -0.1) is 0 Å². The first kappa shape index (κ1) is 8.72. The monoisotopic (exact) mass is 213 g/mol. The topological polar surface area (TPSA) is 12.9 Å². The van der Waals surface area contributed by atoms with Crippen LogP contribution in [0.4, 0.5) is 0 Å². The van der Waals surface area contributed by atoms with Gasteiger partial charge in [-0.1, -0.05) is 13.3 Å². The zero-order chi connectivity index (χ0) is 8.27. The predicted octanol–water partition coefficient (Wildman–Crippen LogP) is 3.11. The van der Waals surface area contributed by atoms with Crippen molar-refractivity contribution in [2.24, 2.45) is 0 Å². The number of pyridine rings is 1. The zero-order valence-corrected chi connectivity index (χ0v) is 8.48. The van der Waals surface area contributed by atoms with Gasteiger partial charge in [-0.05, 0) is 40.9 Å². The molecule has 1 aromatic rings. The van der Waals surface area contributed by atoms with Gasteiger partial charge in [0, 0.05) is 16.4 Å². The van der Waals surface area contributed by atoms with E-state index in [4.69, 9.17) is 0 Å². The van der Waals surface area contributed by atoms with Crippen LogP contribution in [-0.2, 0) is 6.42 Å². The number of rotatable bonds is 2. The molecule has 1 rings (SSSR count). The first-order valence-electron chi connectivity index (χ1n) is 3.85. The fourth-order valence-corrected chi connectivity index (χ4v) is 1.21. The van der Waals surface area contributed by atoms with Gasteiger partial charge in [0.25, 0.3) is 0 Å². The zero-order valence-electron chi connectivity index (χ0n) is 6.89. The van der Waals surface area contributed by atoms with E-state index in [2.05, 4.69) is 40.8 Å². The summed E-state index contributed by atoms with van der Waals surface area (Å²) in [4.78, 5) is 4.28. The maximum Gasteiger partial charge on any atom is 0.0416 e. The standard InChI is InChI=1S/C9H12BrN/c1-3-4-8-5-7(2)9(10)6-11-8/h5-6H,3-4H2,1-2H3. The molecule has 1 nitrogen and oxygen atoms in total. The number of aryl methyl sites for hydroxylation is 2. The van der Waals surface area contributed by atoms with Crippen molar-refractivity contribution < 1.29 is 0 Å². The third kappa shape index (κ3) is 2.29. The second-order valence-electron chi connectivity index (χ2n) is 2.67. The summed E-state index contributed by atoms with van der Waals surface area (Å²) in [7, 11) is 0. The molecule has 0 N–H and O–H groups in total. The number of aromatic nitrogens is 1. The summed E-state index contributed by atoms with van der Waals surface area (Å²) in [6.07, 6.45) is 4.11.